The maximum absolute atomic E-state index is 0. The monoisotopic (exact) mass is 87.0 g/mol. The third-order valence-electron chi connectivity index (χ3n) is 0. The van der Waals surface area contributed by atoms with Crippen LogP contribution in [0.3, 0.4) is 0 Å². The van der Waals surface area contributed by atoms with E-state index in [0.717, 1.165) is 0 Å². The van der Waals surface area contributed by atoms with Gasteiger partial charge >= 0.3 is 0 Å². The zero-order chi connectivity index (χ0) is 0. The number of rotatable bonds is 0. The van der Waals surface area contributed by atoms with Gasteiger partial charge in [0.25, 0.3) is 0 Å². The van der Waals surface area contributed by atoms with Gasteiger partial charge in [-0.15, -0.1) is 0 Å². The minimum absolute atomic E-state index is 0. The van der Waals surface area contributed by atoms with E-state index >= 15 is 0 Å². The first-order chi connectivity index (χ1) is 0. The molecule has 0 saturated heterocycles. The van der Waals surface area contributed by atoms with Crippen LogP contribution in [-0.4, -0.2) is 11.0 Å². The van der Waals surface area contributed by atoms with E-state index in [1.54, 1.807) is 0 Å². The summed E-state index contributed by atoms with van der Waals surface area (Å²) in [4.78, 5) is 0. The normalized spacial score (nSPS) is 0. The lowest BCUT2D eigenvalue weighted by molar-refractivity contribution is 0.823. The zero-order valence-corrected chi connectivity index (χ0v) is 3.83. The highest BCUT2D eigenvalue weighted by Gasteiger charge is -0.153. The average Bonchev–Trinajstić information content (AvgIpc) is 0. The first-order valence-corrected chi connectivity index (χ1v) is 0. The van der Waals surface area contributed by atoms with Crippen LogP contribution in [0.15, 0.2) is 0 Å². The minimum Gasteiger partial charge on any atom is -0.412 e. The second kappa shape index (κ2) is 184. The van der Waals surface area contributed by atoms with Gasteiger partial charge in [0, 0.05) is 0 Å². The van der Waals surface area contributed by atoms with E-state index in [9.17, 15) is 0 Å². The Morgan fingerprint density at radius 3 is 0.750 bits per heavy atom. The summed E-state index contributed by atoms with van der Waals surface area (Å²) < 4.78 is 0. The molecule has 0 aromatic carbocycles. The largest absolute Gasteiger partial charge is 0.412 e. The molecule has 32 valence electrons. The summed E-state index contributed by atoms with van der Waals surface area (Å²) in [5.41, 5.74) is 0. The Morgan fingerprint density at radius 1 is 0.750 bits per heavy atom. The van der Waals surface area contributed by atoms with Crippen LogP contribution in [0.5, 0.6) is 0 Å². The Morgan fingerprint density at radius 2 is 0.750 bits per heavy atom. The van der Waals surface area contributed by atoms with Crippen LogP contribution in [0.1, 0.15) is 0 Å². The molecule has 0 aromatic heterocycles. The van der Waals surface area contributed by atoms with Gasteiger partial charge in [-0.1, -0.05) is 0 Å². The van der Waals surface area contributed by atoms with Gasteiger partial charge in [0.15, 0.2) is 0 Å². The third kappa shape index (κ3) is 41.3. The van der Waals surface area contributed by atoms with Crippen LogP contribution in [0.4, 0.5) is 0 Å². The van der Waals surface area contributed by atoms with E-state index in [1.165, 1.54) is 0 Å². The molecular formula is H10NO2P. The Hall–Kier alpha value is 0.310. The molecule has 0 fully saturated rings. The Bertz CT molecular complexity index is 6.00. The molecule has 7 N–H and O–H groups in total. The van der Waals surface area contributed by atoms with Gasteiger partial charge in [0.2, 0.25) is 0 Å². The lowest BCUT2D eigenvalue weighted by atomic mass is 14.0. The third-order valence-corrected chi connectivity index (χ3v) is 0. The molecule has 0 saturated carbocycles. The van der Waals surface area contributed by atoms with Crippen molar-refractivity contribution >= 4 is 9.90 Å². The van der Waals surface area contributed by atoms with Crippen molar-refractivity contribution < 1.29 is 11.0 Å². The Balaban J connectivity index is 0. The van der Waals surface area contributed by atoms with Crippen LogP contribution in [0.2, 0.25) is 0 Å². The molecule has 0 aromatic rings. The summed E-state index contributed by atoms with van der Waals surface area (Å²) >= 11 is 0. The summed E-state index contributed by atoms with van der Waals surface area (Å²) in [7, 11) is 0. The maximum atomic E-state index is 0. The van der Waals surface area contributed by atoms with Gasteiger partial charge in [0.1, 0.15) is 0 Å². The average molecular weight is 87.1 g/mol. The first-order valence-electron chi connectivity index (χ1n) is 0. The molecule has 0 radical (unpaired) electrons. The fourth-order valence-corrected chi connectivity index (χ4v) is 0. The van der Waals surface area contributed by atoms with Crippen molar-refractivity contribution in [1.82, 2.24) is 6.15 Å². The van der Waals surface area contributed by atoms with E-state index < -0.39 is 0 Å². The van der Waals surface area contributed by atoms with Crippen molar-refractivity contribution in [2.24, 2.45) is 0 Å². The van der Waals surface area contributed by atoms with Crippen molar-refractivity contribution in [3.63, 3.8) is 0 Å². The first kappa shape index (κ1) is 491. The van der Waals surface area contributed by atoms with Crippen molar-refractivity contribution in [1.29, 1.82) is 0 Å². The van der Waals surface area contributed by atoms with Crippen molar-refractivity contribution in [2.45, 2.75) is 0 Å². The summed E-state index contributed by atoms with van der Waals surface area (Å²) in [6, 6.07) is 0. The Kier molecular flexibility index (Phi) is 22600. The molecule has 0 aliphatic heterocycles. The van der Waals surface area contributed by atoms with Crippen LogP contribution in [0, 0.1) is 0 Å². The number of hydrogen-bond acceptors (Lipinski definition) is 1. The maximum Gasteiger partial charge on any atom is -0.153 e. The molecule has 4 heavy (non-hydrogen) atoms. The quantitative estimate of drug-likeness (QED) is 0.360. The molecule has 0 aliphatic rings. The van der Waals surface area contributed by atoms with Gasteiger partial charge in [-0.05, 0) is 0 Å². The molecule has 1 atom stereocenters. The van der Waals surface area contributed by atoms with Gasteiger partial charge in [0.05, 0.1) is 0 Å². The lowest BCUT2D eigenvalue weighted by Crippen LogP contribution is -0.481. The van der Waals surface area contributed by atoms with Crippen molar-refractivity contribution in [2.75, 3.05) is 0 Å². The molecule has 3 nitrogen and oxygen atoms in total. The topological polar surface area (TPSA) is 98.0 Å². The molecule has 0 heterocycles. The molecular weight excluding hydrogens is 77.0 g/mol. The van der Waals surface area contributed by atoms with Crippen LogP contribution in [-0.2, 0) is 0 Å². The van der Waals surface area contributed by atoms with E-state index in [0.29, 0.717) is 0 Å². The minimum atomic E-state index is 0. The van der Waals surface area contributed by atoms with Crippen LogP contribution in [0.25, 0.3) is 0 Å². The molecule has 4 heteroatoms. The zero-order valence-electron chi connectivity index (χ0n) is 2.41. The van der Waals surface area contributed by atoms with Gasteiger partial charge < -0.3 is 17.1 Å². The van der Waals surface area contributed by atoms with Gasteiger partial charge in [-0.2, -0.15) is 9.90 Å². The van der Waals surface area contributed by atoms with Gasteiger partial charge in [-0.3, -0.25) is 0 Å². The fraction of sp³-hybridized carbons (Fsp3) is 0. The van der Waals surface area contributed by atoms with E-state index in [2.05, 4.69) is 0 Å². The molecule has 0 aliphatic carbocycles. The summed E-state index contributed by atoms with van der Waals surface area (Å²) in [6.45, 7) is 0. The highest BCUT2D eigenvalue weighted by Crippen LogP contribution is 0.861. The summed E-state index contributed by atoms with van der Waals surface area (Å²) in [5.74, 6) is 0. The lowest BCUT2D eigenvalue weighted by Gasteiger charge is -0.413. The molecule has 0 amide bonds. The molecule has 1 unspecified atom stereocenters. The highest BCUT2D eigenvalue weighted by molar-refractivity contribution is 6.92. The van der Waals surface area contributed by atoms with Crippen LogP contribution < -0.4 is 6.15 Å². The van der Waals surface area contributed by atoms with Crippen molar-refractivity contribution in [3.05, 3.63) is 0 Å². The second-order valence-electron chi connectivity index (χ2n) is 0. The molecule has 0 bridgehead atoms. The molecule has 0 spiro atoms. The smallest absolute Gasteiger partial charge is 0.153 e. The predicted molar refractivity (Wildman–Crippen MR) is 23.4 cm³/mol. The number of hydrogen-bond donors (Lipinski definition) is 1. The second-order valence-corrected chi connectivity index (χ2v) is 0. The predicted octanol–water partition coefficient (Wildman–Crippen LogP) is -1.43. The van der Waals surface area contributed by atoms with E-state index in [1.807, 2.05) is 0 Å². The SMILES string of the molecule is N.O.O.P. The van der Waals surface area contributed by atoms with E-state index in [-0.39, 0.29) is 27.0 Å². The standard InChI is InChI=1S/H3N.2H2O.H3P/h1H3;2*1H2;1H3. The van der Waals surface area contributed by atoms with Crippen LogP contribution >= 0.6 is 9.90 Å². The summed E-state index contributed by atoms with van der Waals surface area (Å²) in [5, 5.41) is 0. The van der Waals surface area contributed by atoms with E-state index in [4.69, 9.17) is 0 Å². The highest BCUT2D eigenvalue weighted by atomic mass is 31.0. The fourth-order valence-electron chi connectivity index (χ4n) is 0. The van der Waals surface area contributed by atoms with Gasteiger partial charge in [-0.25, -0.2) is 0 Å². The summed E-state index contributed by atoms with van der Waals surface area (Å²) in [6.07, 6.45) is 0. The van der Waals surface area contributed by atoms with Crippen molar-refractivity contribution in [3.8, 4) is 0 Å². The molecule has 0 rings (SSSR count). The Labute approximate surface area is 28.2 Å².